The maximum atomic E-state index is 5.71. The van der Waals surface area contributed by atoms with Crippen LogP contribution in [0.5, 0.6) is 0 Å². The summed E-state index contributed by atoms with van der Waals surface area (Å²) >= 11 is 44.4. The fraction of sp³-hybridized carbons (Fsp3) is 1.00. The quantitative estimate of drug-likeness (QED) is 0.408. The Hall–Kier alpha value is 3.02. The van der Waals surface area contributed by atoms with Crippen LogP contribution < -0.4 is 0 Å². The van der Waals surface area contributed by atoms with E-state index in [2.05, 4.69) is 0 Å². The van der Waals surface area contributed by atoms with Crippen molar-refractivity contribution in [1.29, 1.82) is 0 Å². The number of hydrogen-bond donors (Lipinski definition) is 0. The predicted octanol–water partition coefficient (Wildman–Crippen LogP) is 6.24. The van der Waals surface area contributed by atoms with Gasteiger partial charge in [0.05, 0.1) is 0 Å². The minimum absolute atomic E-state index is 0.786. The lowest BCUT2D eigenvalue weighted by Gasteiger charge is -2.21. The van der Waals surface area contributed by atoms with E-state index in [1.165, 1.54) is 0 Å². The topological polar surface area (TPSA) is 0 Å². The Morgan fingerprint density at radius 3 is 1.00 bits per heavy atom. The van der Waals surface area contributed by atoms with Crippen molar-refractivity contribution in [3.63, 3.8) is 0 Å². The van der Waals surface area contributed by atoms with Gasteiger partial charge < -0.3 is 0 Å². The van der Waals surface area contributed by atoms with Crippen LogP contribution in [0.25, 0.3) is 0 Å². The van der Waals surface area contributed by atoms with Crippen LogP contribution in [-0.4, -0.2) is 17.0 Å². The second kappa shape index (κ2) is 6.82. The first-order valence-corrected chi connectivity index (χ1v) is 8.20. The molecule has 0 fully saturated rings. The maximum absolute atomic E-state index is 5.71. The Morgan fingerprint density at radius 1 is 0.643 bits per heavy atom. The number of hydrogen-bond acceptors (Lipinski definition) is 2. The summed E-state index contributed by atoms with van der Waals surface area (Å²) in [7, 11) is 2.04. The highest BCUT2D eigenvalue weighted by Gasteiger charge is 2.36. The molecule has 0 aliphatic rings. The minimum Gasteiger partial charge on any atom is -0.105 e. The van der Waals surface area contributed by atoms with Crippen LogP contribution in [0.1, 0.15) is 0 Å². The molecule has 2 atom stereocenters. The molecule has 0 bridgehead atoms. The van der Waals surface area contributed by atoms with Gasteiger partial charge in [0.15, 0.2) is 0 Å². The molecular weight excluding hydrogens is 396 g/mol. The third-order valence-electron chi connectivity index (χ3n) is 0.739. The molecule has 0 rings (SSSR count). The van der Waals surface area contributed by atoms with Crippen molar-refractivity contribution >= 4 is 114 Å². The monoisotopic (exact) mass is 394 g/mol. The van der Waals surface area contributed by atoms with Gasteiger partial charge in [-0.25, -0.2) is 0 Å². The lowest BCUT2D eigenvalue weighted by molar-refractivity contribution is 1.20. The summed E-state index contributed by atoms with van der Waals surface area (Å²) < 4.78 is -4.76. The van der Waals surface area contributed by atoms with Gasteiger partial charge in [-0.05, 0) is 0 Å². The highest BCUT2D eigenvalue weighted by Crippen LogP contribution is 2.50. The molecule has 0 aromatic heterocycles. The van der Waals surface area contributed by atoms with E-state index in [0.29, 0.717) is 0 Å². The number of alkyl halides is 8. The van der Waals surface area contributed by atoms with E-state index in [1.807, 2.05) is 0 Å². The Labute approximate surface area is 130 Å². The van der Waals surface area contributed by atoms with Crippen LogP contribution in [0.15, 0.2) is 0 Å². The summed E-state index contributed by atoms with van der Waals surface area (Å²) in [6, 6.07) is 0. The van der Waals surface area contributed by atoms with Crippen LogP contribution in [-0.2, 0) is 0 Å². The molecule has 0 amide bonds. The van der Waals surface area contributed by atoms with Crippen molar-refractivity contribution in [1.82, 2.24) is 0 Å². The molecule has 0 aromatic rings. The summed E-state index contributed by atoms with van der Waals surface area (Å²) in [4.78, 5) is 0. The Morgan fingerprint density at radius 2 is 0.857 bits per heavy atom. The van der Waals surface area contributed by atoms with E-state index in [0.717, 1.165) is 21.6 Å². The van der Waals surface area contributed by atoms with Gasteiger partial charge in [-0.15, -0.1) is 23.2 Å². The van der Waals surface area contributed by atoms with Crippen LogP contribution in [0, 0.1) is 0 Å². The fourth-order valence-electron chi connectivity index (χ4n) is 0.207. The van der Waals surface area contributed by atoms with Crippen LogP contribution in [0.4, 0.5) is 0 Å². The molecule has 0 aliphatic heterocycles. The van der Waals surface area contributed by atoms with E-state index in [-0.39, 0.29) is 0 Å². The lowest BCUT2D eigenvalue weighted by Crippen LogP contribution is -2.18. The molecule has 14 heavy (non-hydrogen) atoms. The normalized spacial score (nSPS) is 18.0. The standard InChI is InChI=1S/C4H2Cl8S2/c5-1(3(7,8)9)13-14-2(6)4(10,11)12/h1-2H/t1-,2+. The zero-order valence-corrected chi connectivity index (χ0v) is 13.7. The minimum atomic E-state index is -1.59. The summed E-state index contributed by atoms with van der Waals surface area (Å²) in [5.74, 6) is 0. The Balaban J connectivity index is 3.96. The van der Waals surface area contributed by atoms with Crippen molar-refractivity contribution in [2.45, 2.75) is 17.0 Å². The molecule has 0 aliphatic carbocycles. The average molecular weight is 398 g/mol. The molecule has 0 radical (unpaired) electrons. The van der Waals surface area contributed by atoms with Crippen molar-refractivity contribution in [3.8, 4) is 0 Å². The first kappa shape index (κ1) is 17.0. The molecule has 0 nitrogen and oxygen atoms in total. The highest BCUT2D eigenvalue weighted by molar-refractivity contribution is 8.77. The number of rotatable bonds is 3. The first-order chi connectivity index (χ1) is 6.05. The SMILES string of the molecule is Cl[C@H](SS[C@H](Cl)C(Cl)(Cl)Cl)C(Cl)(Cl)Cl. The van der Waals surface area contributed by atoms with E-state index in [9.17, 15) is 0 Å². The second-order valence-electron chi connectivity index (χ2n) is 1.91. The van der Waals surface area contributed by atoms with E-state index in [4.69, 9.17) is 92.8 Å². The zero-order chi connectivity index (χ0) is 11.6. The molecule has 0 saturated carbocycles. The summed E-state index contributed by atoms with van der Waals surface area (Å²) in [6.45, 7) is 0. The third-order valence-corrected chi connectivity index (χ3v) is 7.96. The van der Waals surface area contributed by atoms with Gasteiger partial charge in [0, 0.05) is 0 Å². The Bertz CT molecular complexity index is 153. The van der Waals surface area contributed by atoms with Gasteiger partial charge >= 0.3 is 0 Å². The third kappa shape index (κ3) is 7.37. The summed E-state index contributed by atoms with van der Waals surface area (Å²) in [5, 5.41) is 0. The molecule has 10 heteroatoms. The van der Waals surface area contributed by atoms with Crippen LogP contribution >= 0.6 is 114 Å². The summed E-state index contributed by atoms with van der Waals surface area (Å²) in [5.41, 5.74) is 0. The zero-order valence-electron chi connectivity index (χ0n) is 5.99. The van der Waals surface area contributed by atoms with Crippen molar-refractivity contribution < 1.29 is 0 Å². The second-order valence-corrected chi connectivity index (χ2v) is 10.5. The largest absolute Gasteiger partial charge is 0.216 e. The molecule has 0 heterocycles. The lowest BCUT2D eigenvalue weighted by atomic mass is 10.9. The fourth-order valence-corrected chi connectivity index (χ4v) is 4.58. The molecular formula is C4H2Cl8S2. The number of halogens is 8. The van der Waals surface area contributed by atoms with E-state index in [1.54, 1.807) is 0 Å². The van der Waals surface area contributed by atoms with Gasteiger partial charge in [-0.3, -0.25) is 0 Å². The molecule has 0 saturated heterocycles. The smallest absolute Gasteiger partial charge is 0.105 e. The van der Waals surface area contributed by atoms with Gasteiger partial charge in [0.1, 0.15) is 9.42 Å². The molecule has 86 valence electrons. The van der Waals surface area contributed by atoms with E-state index >= 15 is 0 Å². The maximum Gasteiger partial charge on any atom is 0.216 e. The molecule has 0 aromatic carbocycles. The van der Waals surface area contributed by atoms with Crippen molar-refractivity contribution in [3.05, 3.63) is 0 Å². The van der Waals surface area contributed by atoms with Gasteiger partial charge in [-0.2, -0.15) is 0 Å². The van der Waals surface area contributed by atoms with Gasteiger partial charge in [0.25, 0.3) is 0 Å². The van der Waals surface area contributed by atoms with Crippen molar-refractivity contribution in [2.24, 2.45) is 0 Å². The van der Waals surface area contributed by atoms with Gasteiger partial charge in [-0.1, -0.05) is 91.2 Å². The average Bonchev–Trinajstić information content (AvgIpc) is 1.95. The van der Waals surface area contributed by atoms with Gasteiger partial charge in [0.2, 0.25) is 7.59 Å². The summed E-state index contributed by atoms with van der Waals surface area (Å²) in [6.07, 6.45) is 0. The first-order valence-electron chi connectivity index (χ1n) is 2.79. The molecule has 0 unspecified atom stereocenters. The molecule has 0 N–H and O–H groups in total. The van der Waals surface area contributed by atoms with Crippen LogP contribution in [0.3, 0.4) is 0 Å². The van der Waals surface area contributed by atoms with E-state index < -0.39 is 17.0 Å². The Kier molecular flexibility index (Phi) is 8.29. The van der Waals surface area contributed by atoms with Crippen LogP contribution in [0.2, 0.25) is 0 Å². The molecule has 0 spiro atoms. The van der Waals surface area contributed by atoms with Crippen molar-refractivity contribution in [2.75, 3.05) is 0 Å². The predicted molar refractivity (Wildman–Crippen MR) is 75.0 cm³/mol. The highest BCUT2D eigenvalue weighted by atomic mass is 35.6.